The molecule has 1 atom stereocenters. The number of halogens is 1. The average molecular weight is 273 g/mol. The number of likely N-dealkylation sites (N-methyl/N-ethyl adjacent to an activating group) is 1. The molecule has 1 saturated carbocycles. The van der Waals surface area contributed by atoms with Crippen LogP contribution in [0.1, 0.15) is 31.1 Å². The van der Waals surface area contributed by atoms with Gasteiger partial charge in [-0.1, -0.05) is 6.42 Å². The molecule has 2 N–H and O–H groups in total. The van der Waals surface area contributed by atoms with E-state index in [0.717, 1.165) is 10.2 Å². The van der Waals surface area contributed by atoms with Crippen molar-refractivity contribution in [3.05, 3.63) is 22.6 Å². The summed E-state index contributed by atoms with van der Waals surface area (Å²) in [6.07, 6.45) is 5.61. The number of hydrogen-bond donors (Lipinski definition) is 1. The highest BCUT2D eigenvalue weighted by atomic mass is 79.9. The van der Waals surface area contributed by atoms with Crippen molar-refractivity contribution < 1.29 is 4.42 Å². The maximum Gasteiger partial charge on any atom is 0.136 e. The molecule has 0 radical (unpaired) electrons. The van der Waals surface area contributed by atoms with Gasteiger partial charge in [0.2, 0.25) is 0 Å². The van der Waals surface area contributed by atoms with E-state index >= 15 is 0 Å². The van der Waals surface area contributed by atoms with Crippen LogP contribution in [0.25, 0.3) is 0 Å². The molecule has 1 aliphatic carbocycles. The van der Waals surface area contributed by atoms with Gasteiger partial charge in [0.25, 0.3) is 0 Å². The van der Waals surface area contributed by atoms with Crippen molar-refractivity contribution in [3.63, 3.8) is 0 Å². The first-order valence-electron chi connectivity index (χ1n) is 5.39. The van der Waals surface area contributed by atoms with Gasteiger partial charge in [-0.3, -0.25) is 4.90 Å². The number of hydrogen-bond acceptors (Lipinski definition) is 3. The first-order chi connectivity index (χ1) is 7.24. The van der Waals surface area contributed by atoms with Crippen LogP contribution < -0.4 is 5.73 Å². The summed E-state index contributed by atoms with van der Waals surface area (Å²) in [4.78, 5) is 2.34. The highest BCUT2D eigenvalue weighted by molar-refractivity contribution is 9.10. The minimum absolute atomic E-state index is 0.194. The fourth-order valence-corrected chi connectivity index (χ4v) is 2.52. The van der Waals surface area contributed by atoms with E-state index in [1.165, 1.54) is 19.3 Å². The molecular weight excluding hydrogens is 256 g/mol. The van der Waals surface area contributed by atoms with Crippen molar-refractivity contribution in [2.24, 2.45) is 5.73 Å². The zero-order valence-electron chi connectivity index (χ0n) is 8.95. The third-order valence-electron chi connectivity index (χ3n) is 3.31. The van der Waals surface area contributed by atoms with E-state index in [9.17, 15) is 0 Å². The lowest BCUT2D eigenvalue weighted by molar-refractivity contribution is 0.101. The van der Waals surface area contributed by atoms with E-state index in [4.69, 9.17) is 10.2 Å². The second-order valence-electron chi connectivity index (χ2n) is 4.13. The summed E-state index contributed by atoms with van der Waals surface area (Å²) in [5.41, 5.74) is 5.83. The van der Waals surface area contributed by atoms with Gasteiger partial charge in [0.05, 0.1) is 16.8 Å². The molecule has 1 aromatic heterocycles. The van der Waals surface area contributed by atoms with Crippen LogP contribution in [0.4, 0.5) is 0 Å². The third kappa shape index (κ3) is 2.12. The van der Waals surface area contributed by atoms with Gasteiger partial charge < -0.3 is 10.2 Å². The van der Waals surface area contributed by atoms with Crippen molar-refractivity contribution in [3.8, 4) is 0 Å². The molecule has 1 aliphatic rings. The van der Waals surface area contributed by atoms with E-state index in [2.05, 4.69) is 27.9 Å². The van der Waals surface area contributed by atoms with Crippen LogP contribution in [-0.2, 0) is 0 Å². The summed E-state index contributed by atoms with van der Waals surface area (Å²) in [5, 5.41) is 0. The van der Waals surface area contributed by atoms with E-state index < -0.39 is 0 Å². The number of furan rings is 1. The smallest absolute Gasteiger partial charge is 0.136 e. The monoisotopic (exact) mass is 272 g/mol. The van der Waals surface area contributed by atoms with E-state index in [1.54, 1.807) is 6.26 Å². The van der Waals surface area contributed by atoms with Crippen molar-refractivity contribution in [2.45, 2.75) is 31.3 Å². The van der Waals surface area contributed by atoms with Crippen LogP contribution in [0.2, 0.25) is 0 Å². The van der Waals surface area contributed by atoms with Crippen molar-refractivity contribution in [1.29, 1.82) is 0 Å². The summed E-state index contributed by atoms with van der Waals surface area (Å²) in [5.74, 6) is 0.951. The Bertz CT molecular complexity index is 322. The Morgan fingerprint density at radius 1 is 1.67 bits per heavy atom. The first kappa shape index (κ1) is 11.2. The molecule has 84 valence electrons. The average Bonchev–Trinajstić information content (AvgIpc) is 2.51. The highest BCUT2D eigenvalue weighted by Gasteiger charge is 2.30. The first-order valence-corrected chi connectivity index (χ1v) is 6.18. The standard InChI is InChI=1S/C11H17BrN2O/c1-14(8-3-2-4-8)10(7-13)11-9(12)5-6-15-11/h5-6,8,10H,2-4,7,13H2,1H3. The zero-order chi connectivity index (χ0) is 10.8. The second kappa shape index (κ2) is 4.68. The molecule has 0 spiro atoms. The number of nitrogens with two attached hydrogens (primary N) is 1. The van der Waals surface area contributed by atoms with Crippen LogP contribution in [0.15, 0.2) is 21.2 Å². The summed E-state index contributed by atoms with van der Waals surface area (Å²) < 4.78 is 6.51. The Morgan fingerprint density at radius 2 is 2.40 bits per heavy atom. The molecule has 0 bridgehead atoms. The lowest BCUT2D eigenvalue weighted by Gasteiger charge is -2.38. The van der Waals surface area contributed by atoms with Crippen LogP contribution >= 0.6 is 15.9 Å². The maximum atomic E-state index is 5.83. The van der Waals surface area contributed by atoms with E-state index in [0.29, 0.717) is 12.6 Å². The normalized spacial score (nSPS) is 19.2. The zero-order valence-corrected chi connectivity index (χ0v) is 10.5. The van der Waals surface area contributed by atoms with Gasteiger partial charge in [0.15, 0.2) is 0 Å². The summed E-state index contributed by atoms with van der Waals surface area (Å²) in [7, 11) is 2.14. The van der Waals surface area contributed by atoms with Gasteiger partial charge in [-0.25, -0.2) is 0 Å². The molecular formula is C11H17BrN2O. The predicted molar refractivity (Wildman–Crippen MR) is 63.6 cm³/mol. The van der Waals surface area contributed by atoms with Crippen molar-refractivity contribution in [1.82, 2.24) is 4.90 Å². The van der Waals surface area contributed by atoms with Gasteiger partial charge >= 0.3 is 0 Å². The molecule has 4 heteroatoms. The fraction of sp³-hybridized carbons (Fsp3) is 0.636. The van der Waals surface area contributed by atoms with Crippen LogP contribution in [0.3, 0.4) is 0 Å². The van der Waals surface area contributed by atoms with Crippen LogP contribution in [0.5, 0.6) is 0 Å². The Kier molecular flexibility index (Phi) is 3.49. The quantitative estimate of drug-likeness (QED) is 0.916. The molecule has 1 unspecified atom stereocenters. The molecule has 0 amide bonds. The van der Waals surface area contributed by atoms with Gasteiger partial charge in [-0.05, 0) is 41.9 Å². The van der Waals surface area contributed by atoms with Gasteiger partial charge in [-0.2, -0.15) is 0 Å². The summed E-state index contributed by atoms with van der Waals surface area (Å²) in [6, 6.07) is 2.79. The Morgan fingerprint density at radius 3 is 2.80 bits per heavy atom. The minimum Gasteiger partial charge on any atom is -0.466 e. The summed E-state index contributed by atoms with van der Waals surface area (Å²) >= 11 is 3.49. The molecule has 3 nitrogen and oxygen atoms in total. The fourth-order valence-electron chi connectivity index (χ4n) is 2.05. The van der Waals surface area contributed by atoms with Crippen LogP contribution in [-0.4, -0.2) is 24.5 Å². The maximum absolute atomic E-state index is 5.83. The number of rotatable bonds is 4. The number of nitrogens with zero attached hydrogens (tertiary/aromatic N) is 1. The Balaban J connectivity index is 2.12. The Labute approximate surface area is 98.7 Å². The summed E-state index contributed by atoms with van der Waals surface area (Å²) in [6.45, 7) is 0.596. The lowest BCUT2D eigenvalue weighted by atomic mass is 9.90. The third-order valence-corrected chi connectivity index (χ3v) is 3.97. The van der Waals surface area contributed by atoms with Gasteiger partial charge in [0.1, 0.15) is 5.76 Å². The second-order valence-corrected chi connectivity index (χ2v) is 4.99. The highest BCUT2D eigenvalue weighted by Crippen LogP contribution is 2.33. The molecule has 0 aromatic carbocycles. The van der Waals surface area contributed by atoms with Crippen LogP contribution in [0, 0.1) is 0 Å². The van der Waals surface area contributed by atoms with Crippen molar-refractivity contribution >= 4 is 15.9 Å². The van der Waals surface area contributed by atoms with Gasteiger partial charge in [0, 0.05) is 12.6 Å². The predicted octanol–water partition coefficient (Wildman–Crippen LogP) is 2.53. The molecule has 1 heterocycles. The van der Waals surface area contributed by atoms with E-state index in [1.807, 2.05) is 6.07 Å². The SMILES string of the molecule is CN(C1CCC1)C(CN)c1occc1Br. The molecule has 0 aliphatic heterocycles. The van der Waals surface area contributed by atoms with Gasteiger partial charge in [-0.15, -0.1) is 0 Å². The molecule has 1 fully saturated rings. The lowest BCUT2D eigenvalue weighted by Crippen LogP contribution is -2.42. The largest absolute Gasteiger partial charge is 0.466 e. The Hall–Kier alpha value is -0.320. The van der Waals surface area contributed by atoms with E-state index in [-0.39, 0.29) is 6.04 Å². The molecule has 1 aromatic rings. The molecule has 0 saturated heterocycles. The molecule has 2 rings (SSSR count). The minimum atomic E-state index is 0.194. The topological polar surface area (TPSA) is 42.4 Å². The van der Waals surface area contributed by atoms with Crippen molar-refractivity contribution in [2.75, 3.05) is 13.6 Å². The molecule has 15 heavy (non-hydrogen) atoms.